The van der Waals surface area contributed by atoms with Gasteiger partial charge < -0.3 is 34.9 Å². The maximum Gasteiger partial charge on any atom is 0.308 e. The molecule has 1 aromatic heterocycles. The molecular formula is C27H39N5O6. The molecule has 1 saturated heterocycles. The van der Waals surface area contributed by atoms with Crippen molar-refractivity contribution in [3.8, 4) is 11.5 Å². The number of hydrogen-bond donors (Lipinski definition) is 3. The first kappa shape index (κ1) is 27.9. The molecule has 0 radical (unpaired) electrons. The minimum absolute atomic E-state index is 0.00828. The zero-order valence-corrected chi connectivity index (χ0v) is 22.0. The Labute approximate surface area is 223 Å². The molecule has 2 aliphatic heterocycles. The van der Waals surface area contributed by atoms with Crippen molar-refractivity contribution in [2.24, 2.45) is 11.7 Å². The van der Waals surface area contributed by atoms with Crippen molar-refractivity contribution in [2.75, 3.05) is 39.5 Å². The van der Waals surface area contributed by atoms with Crippen LogP contribution in [0, 0.1) is 5.92 Å². The second kappa shape index (κ2) is 13.1. The molecule has 38 heavy (non-hydrogen) atoms. The first-order valence-electron chi connectivity index (χ1n) is 13.4. The SMILES string of the molecule is CCCCN(CCCN)C(=O)CN1C[C@H](c2cc(CO)c3c(c2)OCO3)[C@@H](C(=O)O)[C@@H]1CCn1ccnc1. The number of benzene rings is 1. The number of aliphatic hydroxyl groups excluding tert-OH is 1. The summed E-state index contributed by atoms with van der Waals surface area (Å²) in [7, 11) is 0. The molecule has 1 aromatic carbocycles. The predicted octanol–water partition coefficient (Wildman–Crippen LogP) is 1.64. The lowest BCUT2D eigenvalue weighted by Crippen LogP contribution is -2.45. The molecule has 4 N–H and O–H groups in total. The third-order valence-corrected chi connectivity index (χ3v) is 7.55. The molecule has 1 amide bonds. The second-order valence-corrected chi connectivity index (χ2v) is 10.0. The summed E-state index contributed by atoms with van der Waals surface area (Å²) in [5, 5.41) is 20.4. The van der Waals surface area contributed by atoms with Gasteiger partial charge in [0, 0.05) is 56.1 Å². The molecule has 3 heterocycles. The zero-order valence-electron chi connectivity index (χ0n) is 22.0. The molecule has 0 spiro atoms. The smallest absolute Gasteiger partial charge is 0.308 e. The van der Waals surface area contributed by atoms with Crippen molar-refractivity contribution in [3.63, 3.8) is 0 Å². The number of carboxylic acid groups (broad SMARTS) is 1. The number of aromatic nitrogens is 2. The molecule has 0 aliphatic carbocycles. The van der Waals surface area contributed by atoms with E-state index >= 15 is 0 Å². The van der Waals surface area contributed by atoms with Crippen LogP contribution in [0.5, 0.6) is 11.5 Å². The highest BCUT2D eigenvalue weighted by Crippen LogP contribution is 2.44. The van der Waals surface area contributed by atoms with E-state index in [1.807, 2.05) is 26.6 Å². The number of nitrogens with zero attached hydrogens (tertiary/aromatic N) is 4. The van der Waals surface area contributed by atoms with Gasteiger partial charge in [-0.05, 0) is 43.5 Å². The molecule has 0 unspecified atom stereocenters. The van der Waals surface area contributed by atoms with E-state index in [1.54, 1.807) is 18.6 Å². The quantitative estimate of drug-likeness (QED) is 0.333. The second-order valence-electron chi connectivity index (χ2n) is 10.0. The fraction of sp³-hybridized carbons (Fsp3) is 0.593. The number of aliphatic carboxylic acids is 1. The lowest BCUT2D eigenvalue weighted by molar-refractivity contribution is -0.144. The maximum absolute atomic E-state index is 13.5. The number of carbonyl (C=O) groups excluding carboxylic acids is 1. The Kier molecular flexibility index (Phi) is 9.59. The maximum atomic E-state index is 13.5. The molecule has 11 nitrogen and oxygen atoms in total. The Bertz CT molecular complexity index is 1070. The van der Waals surface area contributed by atoms with Crippen LogP contribution in [-0.2, 0) is 22.7 Å². The third kappa shape index (κ3) is 6.28. The van der Waals surface area contributed by atoms with Gasteiger partial charge >= 0.3 is 5.97 Å². The Morgan fingerprint density at radius 3 is 2.74 bits per heavy atom. The van der Waals surface area contributed by atoms with Crippen molar-refractivity contribution in [1.82, 2.24) is 19.4 Å². The largest absolute Gasteiger partial charge is 0.481 e. The number of amides is 1. The number of unbranched alkanes of at least 4 members (excludes halogenated alkanes) is 1. The summed E-state index contributed by atoms with van der Waals surface area (Å²) < 4.78 is 13.0. The number of aryl methyl sites for hydroxylation is 1. The molecule has 3 atom stereocenters. The Hall–Kier alpha value is -3.15. The van der Waals surface area contributed by atoms with E-state index in [-0.39, 0.29) is 37.8 Å². The minimum Gasteiger partial charge on any atom is -0.481 e. The van der Waals surface area contributed by atoms with Gasteiger partial charge in [0.05, 0.1) is 25.4 Å². The lowest BCUT2D eigenvalue weighted by atomic mass is 9.83. The summed E-state index contributed by atoms with van der Waals surface area (Å²) in [4.78, 5) is 34.2. The van der Waals surface area contributed by atoms with Gasteiger partial charge in [-0.3, -0.25) is 14.5 Å². The van der Waals surface area contributed by atoms with Gasteiger partial charge in [0.1, 0.15) is 0 Å². The summed E-state index contributed by atoms with van der Waals surface area (Å²) in [5.74, 6) is -1.04. The summed E-state index contributed by atoms with van der Waals surface area (Å²) in [5.41, 5.74) is 7.04. The van der Waals surface area contributed by atoms with Crippen LogP contribution in [0.25, 0.3) is 0 Å². The third-order valence-electron chi connectivity index (χ3n) is 7.55. The van der Waals surface area contributed by atoms with E-state index in [0.717, 1.165) is 24.8 Å². The van der Waals surface area contributed by atoms with E-state index in [2.05, 4.69) is 11.9 Å². The number of rotatable bonds is 14. The van der Waals surface area contributed by atoms with Crippen molar-refractivity contribution in [2.45, 2.75) is 57.7 Å². The van der Waals surface area contributed by atoms with Crippen LogP contribution in [0.15, 0.2) is 30.9 Å². The number of hydrogen-bond acceptors (Lipinski definition) is 8. The van der Waals surface area contributed by atoms with Crippen LogP contribution in [0.4, 0.5) is 0 Å². The fourth-order valence-corrected chi connectivity index (χ4v) is 5.59. The van der Waals surface area contributed by atoms with Crippen molar-refractivity contribution >= 4 is 11.9 Å². The number of carbonyl (C=O) groups is 2. The van der Waals surface area contributed by atoms with Gasteiger partial charge in [-0.1, -0.05) is 13.3 Å². The summed E-state index contributed by atoms with van der Waals surface area (Å²) in [6.07, 6.45) is 8.41. The van der Waals surface area contributed by atoms with E-state index in [4.69, 9.17) is 15.2 Å². The van der Waals surface area contributed by atoms with Gasteiger partial charge in [0.15, 0.2) is 11.5 Å². The van der Waals surface area contributed by atoms with Crippen LogP contribution in [0.2, 0.25) is 0 Å². The Balaban J connectivity index is 1.62. The summed E-state index contributed by atoms with van der Waals surface area (Å²) in [6.45, 7) is 4.79. The monoisotopic (exact) mass is 529 g/mol. The van der Waals surface area contributed by atoms with Gasteiger partial charge in [-0.15, -0.1) is 0 Å². The minimum atomic E-state index is -0.908. The summed E-state index contributed by atoms with van der Waals surface area (Å²) in [6, 6.07) is 3.26. The highest BCUT2D eigenvalue weighted by molar-refractivity contribution is 5.79. The molecule has 1 fully saturated rings. The molecule has 4 rings (SSSR count). The van der Waals surface area contributed by atoms with E-state index < -0.39 is 11.9 Å². The molecule has 0 saturated carbocycles. The highest BCUT2D eigenvalue weighted by atomic mass is 16.7. The van der Waals surface area contributed by atoms with E-state index in [1.165, 1.54) is 0 Å². The number of ether oxygens (including phenoxy) is 2. The number of nitrogens with two attached hydrogens (primary N) is 1. The van der Waals surface area contributed by atoms with Gasteiger partial charge in [-0.2, -0.15) is 0 Å². The highest BCUT2D eigenvalue weighted by Gasteiger charge is 2.47. The van der Waals surface area contributed by atoms with E-state index in [0.29, 0.717) is 56.2 Å². The Morgan fingerprint density at radius 2 is 2.05 bits per heavy atom. The van der Waals surface area contributed by atoms with E-state index in [9.17, 15) is 19.8 Å². The van der Waals surface area contributed by atoms with Crippen molar-refractivity contribution in [3.05, 3.63) is 42.0 Å². The number of likely N-dealkylation sites (tertiary alicyclic amines) is 1. The summed E-state index contributed by atoms with van der Waals surface area (Å²) >= 11 is 0. The molecule has 2 aliphatic rings. The average Bonchev–Trinajstić information content (AvgIpc) is 3.67. The molecular weight excluding hydrogens is 490 g/mol. The first-order valence-corrected chi connectivity index (χ1v) is 13.4. The van der Waals surface area contributed by atoms with Crippen molar-refractivity contribution in [1.29, 1.82) is 0 Å². The number of imidazole rings is 1. The van der Waals surface area contributed by atoms with Gasteiger partial charge in [0.25, 0.3) is 0 Å². The molecule has 0 bridgehead atoms. The van der Waals surface area contributed by atoms with Crippen LogP contribution in [0.3, 0.4) is 0 Å². The Morgan fingerprint density at radius 1 is 1.24 bits per heavy atom. The van der Waals surface area contributed by atoms with Crippen LogP contribution in [0.1, 0.15) is 49.7 Å². The standard InChI is InChI=1S/C27H39N5O6/c1-2-3-8-31(9-4-6-28)24(34)15-32-14-21(19-12-20(16-33)26-23(13-19)37-18-38-26)25(27(35)36)22(32)5-10-30-11-7-29-17-30/h7,11-13,17,21-22,25,33H,2-6,8-10,14-16,18,28H2,1H3,(H,35,36)/t21-,22+,25-/m1/s1. The van der Waals surface area contributed by atoms with Crippen LogP contribution in [-0.4, -0.2) is 87.0 Å². The average molecular weight is 530 g/mol. The van der Waals surface area contributed by atoms with Crippen LogP contribution < -0.4 is 15.2 Å². The molecule has 208 valence electrons. The first-order chi connectivity index (χ1) is 18.5. The molecule has 2 aromatic rings. The fourth-order valence-electron chi connectivity index (χ4n) is 5.59. The normalized spacial score (nSPS) is 20.7. The topological polar surface area (TPSA) is 143 Å². The number of aliphatic hydroxyl groups is 1. The van der Waals surface area contributed by atoms with Gasteiger partial charge in [-0.25, -0.2) is 4.98 Å². The zero-order chi connectivity index (χ0) is 27.1. The van der Waals surface area contributed by atoms with Crippen molar-refractivity contribution < 1.29 is 29.3 Å². The van der Waals surface area contributed by atoms with Gasteiger partial charge in [0.2, 0.25) is 12.7 Å². The predicted molar refractivity (Wildman–Crippen MR) is 140 cm³/mol. The lowest BCUT2D eigenvalue weighted by Gasteiger charge is -2.30. The van der Waals surface area contributed by atoms with Crippen LogP contribution >= 0.6 is 0 Å². The number of fused-ring (bicyclic) bond motifs is 1. The molecule has 11 heteroatoms. The number of carboxylic acids is 1.